The van der Waals surface area contributed by atoms with Crippen molar-refractivity contribution in [1.29, 1.82) is 0 Å². The van der Waals surface area contributed by atoms with E-state index in [4.69, 9.17) is 18.9 Å². The minimum atomic E-state index is -0.678. The zero-order chi connectivity index (χ0) is 27.8. The van der Waals surface area contributed by atoms with E-state index in [0.29, 0.717) is 25.7 Å². The normalized spacial score (nSPS) is 38.6. The largest absolute Gasteiger partial charge is 0.508 e. The predicted octanol–water partition coefficient (Wildman–Crippen LogP) is 5.42. The van der Waals surface area contributed by atoms with Crippen LogP contribution in [0.2, 0.25) is 0 Å². The summed E-state index contributed by atoms with van der Waals surface area (Å²) in [6, 6.07) is 0. The van der Waals surface area contributed by atoms with Crippen molar-refractivity contribution in [2.24, 2.45) is 40.4 Å². The Kier molecular flexibility index (Phi) is 8.29. The number of ketones is 1. The van der Waals surface area contributed by atoms with Crippen LogP contribution in [0.3, 0.4) is 0 Å². The van der Waals surface area contributed by atoms with Crippen LogP contribution in [0.1, 0.15) is 86.0 Å². The van der Waals surface area contributed by atoms with Crippen molar-refractivity contribution < 1.29 is 38.1 Å². The van der Waals surface area contributed by atoms with Gasteiger partial charge in [0.15, 0.2) is 5.78 Å². The molecule has 0 N–H and O–H groups in total. The van der Waals surface area contributed by atoms with E-state index < -0.39 is 6.16 Å². The van der Waals surface area contributed by atoms with Gasteiger partial charge in [-0.05, 0) is 87.0 Å². The number of carbonyl (C=O) groups is 4. The van der Waals surface area contributed by atoms with Gasteiger partial charge in [0.1, 0.15) is 12.2 Å². The first-order valence-electron chi connectivity index (χ1n) is 14.3. The molecule has 8 nitrogen and oxygen atoms in total. The molecule has 4 aliphatic rings. The number of esters is 2. The third kappa shape index (κ3) is 5.00. The van der Waals surface area contributed by atoms with Crippen LogP contribution in [0.15, 0.2) is 11.6 Å². The van der Waals surface area contributed by atoms with Crippen LogP contribution in [0.4, 0.5) is 4.79 Å². The highest BCUT2D eigenvalue weighted by atomic mass is 16.7. The van der Waals surface area contributed by atoms with Gasteiger partial charge in [-0.3, -0.25) is 14.4 Å². The standard InChI is InChI=1S/C30H44O8/c1-7-36-28(34)38-19-12-13-29(4)23-16-26(37-18(3)31)30(5)21(17(2)8-11-27(33)35-6)9-10-22(30)20(23)15-25(32)24(29)14-19/h15,17,19,21-24,26H,7-14,16H2,1-6H3/t17-,19-,21-,22+,23+,24+,26+,29-,30-/m1/s1. The first-order chi connectivity index (χ1) is 17.9. The molecule has 0 spiro atoms. The van der Waals surface area contributed by atoms with Gasteiger partial charge in [0.25, 0.3) is 0 Å². The molecule has 0 aliphatic heterocycles. The Balaban J connectivity index is 1.63. The Morgan fingerprint density at radius 2 is 1.79 bits per heavy atom. The fourth-order valence-corrected chi connectivity index (χ4v) is 8.65. The van der Waals surface area contributed by atoms with Gasteiger partial charge in [-0.2, -0.15) is 0 Å². The molecular formula is C30H44O8. The molecule has 0 aromatic carbocycles. The Morgan fingerprint density at radius 3 is 2.45 bits per heavy atom. The maximum Gasteiger partial charge on any atom is 0.508 e. The van der Waals surface area contributed by atoms with Crippen LogP contribution in [0.25, 0.3) is 0 Å². The van der Waals surface area contributed by atoms with E-state index in [9.17, 15) is 19.2 Å². The van der Waals surface area contributed by atoms with Gasteiger partial charge in [-0.25, -0.2) is 4.79 Å². The van der Waals surface area contributed by atoms with Crippen LogP contribution in [0, 0.1) is 40.4 Å². The highest BCUT2D eigenvalue weighted by molar-refractivity contribution is 5.94. The minimum Gasteiger partial charge on any atom is -0.469 e. The van der Waals surface area contributed by atoms with E-state index in [2.05, 4.69) is 20.8 Å². The van der Waals surface area contributed by atoms with Gasteiger partial charge >= 0.3 is 18.1 Å². The summed E-state index contributed by atoms with van der Waals surface area (Å²) in [5, 5.41) is 0. The summed E-state index contributed by atoms with van der Waals surface area (Å²) >= 11 is 0. The smallest absolute Gasteiger partial charge is 0.469 e. The van der Waals surface area contributed by atoms with Crippen LogP contribution >= 0.6 is 0 Å². The number of rotatable bonds is 7. The molecule has 4 aliphatic carbocycles. The summed E-state index contributed by atoms with van der Waals surface area (Å²) in [4.78, 5) is 49.8. The predicted molar refractivity (Wildman–Crippen MR) is 139 cm³/mol. The van der Waals surface area contributed by atoms with E-state index >= 15 is 0 Å². The average molecular weight is 533 g/mol. The summed E-state index contributed by atoms with van der Waals surface area (Å²) in [6.07, 6.45) is 6.20. The minimum absolute atomic E-state index is 0.117. The first-order valence-corrected chi connectivity index (χ1v) is 14.3. The van der Waals surface area contributed by atoms with Gasteiger partial charge in [-0.1, -0.05) is 26.3 Å². The van der Waals surface area contributed by atoms with Crippen LogP contribution in [-0.2, 0) is 33.3 Å². The third-order valence-corrected chi connectivity index (χ3v) is 10.6. The van der Waals surface area contributed by atoms with Crippen molar-refractivity contribution in [3.05, 3.63) is 11.6 Å². The first kappa shape index (κ1) is 28.6. The van der Waals surface area contributed by atoms with Gasteiger partial charge in [-0.15, -0.1) is 0 Å². The average Bonchev–Trinajstić information content (AvgIpc) is 3.22. The van der Waals surface area contributed by atoms with Crippen molar-refractivity contribution >= 4 is 23.9 Å². The number of hydrogen-bond acceptors (Lipinski definition) is 8. The van der Waals surface area contributed by atoms with Gasteiger partial charge in [0, 0.05) is 24.7 Å². The maximum atomic E-state index is 13.6. The van der Waals surface area contributed by atoms with E-state index in [1.54, 1.807) is 6.92 Å². The SMILES string of the molecule is CCOC(=O)O[C@@H]1CC[C@@]2(C)[C@@H](C1)C(=O)C=C1[C@@H]2C[C@H](OC(C)=O)[C@]2(C)[C@@H]([C@H](C)CCC(=O)OC)CC[C@@H]12. The van der Waals surface area contributed by atoms with Crippen molar-refractivity contribution in [3.8, 4) is 0 Å². The molecule has 8 heteroatoms. The Bertz CT molecular complexity index is 987. The van der Waals surface area contributed by atoms with Crippen molar-refractivity contribution in [2.75, 3.05) is 13.7 Å². The molecule has 0 bridgehead atoms. The summed E-state index contributed by atoms with van der Waals surface area (Å²) in [7, 11) is 1.41. The van der Waals surface area contributed by atoms with Crippen LogP contribution in [-0.4, -0.2) is 49.8 Å². The van der Waals surface area contributed by atoms with Crippen LogP contribution in [0.5, 0.6) is 0 Å². The zero-order valence-electron chi connectivity index (χ0n) is 23.7. The molecule has 0 aromatic rings. The lowest BCUT2D eigenvalue weighted by atomic mass is 9.46. The van der Waals surface area contributed by atoms with E-state index in [1.165, 1.54) is 19.6 Å². The number of hydrogen-bond donors (Lipinski definition) is 0. The molecule has 0 amide bonds. The summed E-state index contributed by atoms with van der Waals surface area (Å²) in [5.74, 6) is 0.158. The fourth-order valence-electron chi connectivity index (χ4n) is 8.65. The summed E-state index contributed by atoms with van der Waals surface area (Å²) in [5.41, 5.74) is 0.619. The Hall–Kier alpha value is -2.38. The third-order valence-electron chi connectivity index (χ3n) is 10.6. The molecule has 4 rings (SSSR count). The molecule has 0 saturated heterocycles. The molecule has 9 atom stereocenters. The van der Waals surface area contributed by atoms with E-state index in [1.807, 2.05) is 6.08 Å². The lowest BCUT2D eigenvalue weighted by molar-refractivity contribution is -0.169. The maximum absolute atomic E-state index is 13.6. The monoisotopic (exact) mass is 532 g/mol. The molecule has 3 fully saturated rings. The van der Waals surface area contributed by atoms with E-state index in [0.717, 1.165) is 25.7 Å². The second-order valence-electron chi connectivity index (χ2n) is 12.4. The topological polar surface area (TPSA) is 105 Å². The second-order valence-corrected chi connectivity index (χ2v) is 12.4. The highest BCUT2D eigenvalue weighted by Gasteiger charge is 2.64. The number of allylic oxidation sites excluding steroid dienone is 2. The number of fused-ring (bicyclic) bond motifs is 5. The van der Waals surface area contributed by atoms with Crippen molar-refractivity contribution in [2.45, 2.75) is 98.2 Å². The lowest BCUT2D eigenvalue weighted by Gasteiger charge is -2.59. The number of ether oxygens (including phenoxy) is 4. The molecule has 38 heavy (non-hydrogen) atoms. The molecule has 3 saturated carbocycles. The number of methoxy groups -OCH3 is 1. The quantitative estimate of drug-likeness (QED) is 0.316. The Morgan fingerprint density at radius 1 is 1.05 bits per heavy atom. The second kappa shape index (κ2) is 11.0. The Labute approximate surface area is 226 Å². The van der Waals surface area contributed by atoms with Crippen molar-refractivity contribution in [3.63, 3.8) is 0 Å². The van der Waals surface area contributed by atoms with Gasteiger partial charge in [0.05, 0.1) is 13.7 Å². The molecule has 212 valence electrons. The van der Waals surface area contributed by atoms with Gasteiger partial charge in [0.2, 0.25) is 0 Å². The number of carbonyl (C=O) groups excluding carboxylic acids is 4. The van der Waals surface area contributed by atoms with Crippen LogP contribution < -0.4 is 0 Å². The molecule has 0 aromatic heterocycles. The van der Waals surface area contributed by atoms with Crippen molar-refractivity contribution in [1.82, 2.24) is 0 Å². The molecule has 0 heterocycles. The summed E-state index contributed by atoms with van der Waals surface area (Å²) < 4.78 is 21.5. The molecular weight excluding hydrogens is 488 g/mol. The highest BCUT2D eigenvalue weighted by Crippen LogP contribution is 2.67. The zero-order valence-corrected chi connectivity index (χ0v) is 23.7. The fraction of sp³-hybridized carbons (Fsp3) is 0.800. The van der Waals surface area contributed by atoms with Gasteiger partial charge < -0.3 is 18.9 Å². The summed E-state index contributed by atoms with van der Waals surface area (Å²) in [6.45, 7) is 10.1. The lowest BCUT2D eigenvalue weighted by Crippen LogP contribution is -2.57. The van der Waals surface area contributed by atoms with E-state index in [-0.39, 0.29) is 77.0 Å². The molecule has 0 radical (unpaired) electrons. The molecule has 0 unspecified atom stereocenters.